The van der Waals surface area contributed by atoms with Gasteiger partial charge in [-0.25, -0.2) is 0 Å². The zero-order valence-corrected chi connectivity index (χ0v) is 16.0. The first kappa shape index (κ1) is 18.0. The van der Waals surface area contributed by atoms with Crippen LogP contribution < -0.4 is 9.05 Å². The Hall–Kier alpha value is -1.35. The first-order chi connectivity index (χ1) is 10.9. The van der Waals surface area contributed by atoms with Gasteiger partial charge in [-0.3, -0.25) is 4.52 Å². The maximum Gasteiger partial charge on any atom is 0.434 e. The van der Waals surface area contributed by atoms with E-state index in [1.54, 1.807) is 0 Å². The molecule has 0 fully saturated rings. The van der Waals surface area contributed by atoms with Gasteiger partial charge in [-0.15, -0.1) is 0 Å². The van der Waals surface area contributed by atoms with Crippen molar-refractivity contribution >= 4 is 18.5 Å². The monoisotopic (exact) mass is 350 g/mol. The van der Waals surface area contributed by atoms with Crippen LogP contribution in [0.25, 0.3) is 0 Å². The molecule has 0 radical (unpaired) electrons. The maximum absolute atomic E-state index is 6.03. The van der Waals surface area contributed by atoms with Crippen LogP contribution in [-0.2, 0) is 16.3 Å². The van der Waals surface area contributed by atoms with Gasteiger partial charge in [-0.1, -0.05) is 24.3 Å². The van der Waals surface area contributed by atoms with Crippen LogP contribution in [0.5, 0.6) is 11.5 Å². The molecule has 0 heterocycles. The van der Waals surface area contributed by atoms with E-state index in [1.807, 2.05) is 71.0 Å². The number of hydrogen-bond donors (Lipinski definition) is 0. The standard InChI is InChI=1S/C18H23O3PS/c1-6-19-22(23,20-17-11-7-9-13(2)15(17)4)21-18-12-8-10-14(3)16(18)5/h7-12H,6H2,1-5H3. The fraction of sp³-hybridized carbons (Fsp3) is 0.333. The fourth-order valence-corrected chi connectivity index (χ4v) is 4.25. The van der Waals surface area contributed by atoms with E-state index in [4.69, 9.17) is 25.4 Å². The molecule has 0 saturated heterocycles. The summed E-state index contributed by atoms with van der Waals surface area (Å²) in [5.41, 5.74) is 4.39. The van der Waals surface area contributed by atoms with Gasteiger partial charge in [-0.2, -0.15) is 0 Å². The van der Waals surface area contributed by atoms with Gasteiger partial charge in [-0.05, 0) is 69.0 Å². The summed E-state index contributed by atoms with van der Waals surface area (Å²) in [5, 5.41) is 0. The minimum absolute atomic E-state index is 0.438. The van der Waals surface area contributed by atoms with Gasteiger partial charge < -0.3 is 9.05 Å². The summed E-state index contributed by atoms with van der Waals surface area (Å²) in [6.07, 6.45) is 0. The van der Waals surface area contributed by atoms with E-state index >= 15 is 0 Å². The quantitative estimate of drug-likeness (QED) is 0.630. The molecule has 0 aliphatic carbocycles. The summed E-state index contributed by atoms with van der Waals surface area (Å²) in [4.78, 5) is 0. The van der Waals surface area contributed by atoms with E-state index in [2.05, 4.69) is 0 Å². The van der Waals surface area contributed by atoms with Crippen molar-refractivity contribution in [2.24, 2.45) is 0 Å². The molecule has 23 heavy (non-hydrogen) atoms. The Morgan fingerprint density at radius 1 is 0.826 bits per heavy atom. The van der Waals surface area contributed by atoms with E-state index in [0.29, 0.717) is 18.1 Å². The van der Waals surface area contributed by atoms with E-state index in [0.717, 1.165) is 22.3 Å². The lowest BCUT2D eigenvalue weighted by molar-refractivity contribution is 0.276. The van der Waals surface area contributed by atoms with Gasteiger partial charge in [0.05, 0.1) is 6.61 Å². The van der Waals surface area contributed by atoms with Gasteiger partial charge >= 0.3 is 6.72 Å². The molecule has 0 atom stereocenters. The molecule has 0 amide bonds. The zero-order chi connectivity index (χ0) is 17.0. The SMILES string of the molecule is CCOP(=S)(Oc1cccc(C)c1C)Oc1cccc(C)c1C. The Morgan fingerprint density at radius 2 is 1.26 bits per heavy atom. The topological polar surface area (TPSA) is 27.7 Å². The Balaban J connectivity index is 2.34. The van der Waals surface area contributed by atoms with Crippen LogP contribution >= 0.6 is 6.72 Å². The number of benzene rings is 2. The van der Waals surface area contributed by atoms with Crippen molar-refractivity contribution in [3.05, 3.63) is 58.7 Å². The normalized spacial score (nSPS) is 11.3. The lowest BCUT2D eigenvalue weighted by atomic mass is 10.1. The van der Waals surface area contributed by atoms with Gasteiger partial charge in [0.15, 0.2) is 0 Å². The van der Waals surface area contributed by atoms with Gasteiger partial charge in [0.25, 0.3) is 0 Å². The van der Waals surface area contributed by atoms with Crippen LogP contribution in [0.2, 0.25) is 0 Å². The van der Waals surface area contributed by atoms with Gasteiger partial charge in [0.1, 0.15) is 11.5 Å². The molecule has 2 aromatic rings. The molecule has 0 spiro atoms. The number of aryl methyl sites for hydroxylation is 2. The molecule has 5 heteroatoms. The smallest absolute Gasteiger partial charge is 0.415 e. The summed E-state index contributed by atoms with van der Waals surface area (Å²) in [5.74, 6) is 1.43. The minimum Gasteiger partial charge on any atom is -0.415 e. The number of hydrogen-bond acceptors (Lipinski definition) is 4. The second-order valence-corrected chi connectivity index (χ2v) is 8.30. The molecular weight excluding hydrogens is 327 g/mol. The first-order valence-corrected chi connectivity index (χ1v) is 10.2. The van der Waals surface area contributed by atoms with Crippen LogP contribution in [0, 0.1) is 27.7 Å². The lowest BCUT2D eigenvalue weighted by Gasteiger charge is -2.24. The van der Waals surface area contributed by atoms with Gasteiger partial charge in [0.2, 0.25) is 0 Å². The van der Waals surface area contributed by atoms with Crippen molar-refractivity contribution in [2.45, 2.75) is 34.6 Å². The fourth-order valence-electron chi connectivity index (χ4n) is 2.12. The third-order valence-electron chi connectivity index (χ3n) is 3.82. The average Bonchev–Trinajstić information content (AvgIpc) is 2.49. The molecular formula is C18H23O3PS. The van der Waals surface area contributed by atoms with Crippen molar-refractivity contribution in [1.29, 1.82) is 0 Å². The molecule has 124 valence electrons. The predicted molar refractivity (Wildman–Crippen MR) is 99.0 cm³/mol. The average molecular weight is 350 g/mol. The Bertz CT molecular complexity index is 686. The molecule has 2 aromatic carbocycles. The Kier molecular flexibility index (Phi) is 5.85. The molecule has 0 aliphatic rings. The number of rotatable bonds is 6. The maximum atomic E-state index is 6.03. The van der Waals surface area contributed by atoms with Gasteiger partial charge in [0, 0.05) is 11.8 Å². The highest BCUT2D eigenvalue weighted by molar-refractivity contribution is 8.07. The third kappa shape index (κ3) is 4.35. The Labute approximate surface area is 143 Å². The lowest BCUT2D eigenvalue weighted by Crippen LogP contribution is -2.06. The highest BCUT2D eigenvalue weighted by Gasteiger charge is 2.26. The van der Waals surface area contributed by atoms with E-state index < -0.39 is 6.72 Å². The molecule has 0 unspecified atom stereocenters. The Morgan fingerprint density at radius 3 is 1.65 bits per heavy atom. The van der Waals surface area contributed by atoms with E-state index in [1.165, 1.54) is 0 Å². The second kappa shape index (κ2) is 7.48. The van der Waals surface area contributed by atoms with E-state index in [9.17, 15) is 0 Å². The van der Waals surface area contributed by atoms with Crippen molar-refractivity contribution in [2.75, 3.05) is 6.61 Å². The minimum atomic E-state index is -2.92. The van der Waals surface area contributed by atoms with Crippen molar-refractivity contribution < 1.29 is 13.6 Å². The van der Waals surface area contributed by atoms with Crippen LogP contribution in [-0.4, -0.2) is 6.61 Å². The molecule has 0 bridgehead atoms. The summed E-state index contributed by atoms with van der Waals surface area (Å²) < 4.78 is 17.8. The molecule has 3 nitrogen and oxygen atoms in total. The van der Waals surface area contributed by atoms with E-state index in [-0.39, 0.29) is 0 Å². The first-order valence-electron chi connectivity index (χ1n) is 7.62. The molecule has 0 aromatic heterocycles. The molecule has 0 N–H and O–H groups in total. The van der Waals surface area contributed by atoms with Crippen LogP contribution in [0.4, 0.5) is 0 Å². The van der Waals surface area contributed by atoms with Crippen molar-refractivity contribution in [1.82, 2.24) is 0 Å². The summed E-state index contributed by atoms with van der Waals surface area (Å²) >= 11 is 5.62. The highest BCUT2D eigenvalue weighted by Crippen LogP contribution is 2.51. The molecule has 2 rings (SSSR count). The highest BCUT2D eigenvalue weighted by atomic mass is 32.5. The predicted octanol–water partition coefficient (Wildman–Crippen LogP) is 5.64. The summed E-state index contributed by atoms with van der Waals surface area (Å²) in [6.45, 7) is 7.50. The summed E-state index contributed by atoms with van der Waals surface area (Å²) in [6, 6.07) is 11.8. The second-order valence-electron chi connectivity index (χ2n) is 5.44. The van der Waals surface area contributed by atoms with Crippen molar-refractivity contribution in [3.8, 4) is 11.5 Å². The van der Waals surface area contributed by atoms with Crippen LogP contribution in [0.3, 0.4) is 0 Å². The third-order valence-corrected chi connectivity index (χ3v) is 6.00. The van der Waals surface area contributed by atoms with Crippen LogP contribution in [0.1, 0.15) is 29.2 Å². The molecule has 0 aliphatic heterocycles. The van der Waals surface area contributed by atoms with Crippen molar-refractivity contribution in [3.63, 3.8) is 0 Å². The summed E-state index contributed by atoms with van der Waals surface area (Å²) in [7, 11) is 0. The zero-order valence-electron chi connectivity index (χ0n) is 14.3. The molecule has 0 saturated carbocycles. The van der Waals surface area contributed by atoms with Crippen LogP contribution in [0.15, 0.2) is 36.4 Å². The largest absolute Gasteiger partial charge is 0.434 e.